The summed E-state index contributed by atoms with van der Waals surface area (Å²) in [4.78, 5) is 0. The van der Waals surface area contributed by atoms with Crippen molar-refractivity contribution in [1.82, 2.24) is 9.03 Å². The molecule has 0 spiro atoms. The van der Waals surface area contributed by atoms with Crippen LogP contribution in [0.4, 0.5) is 0 Å². The van der Waals surface area contributed by atoms with E-state index < -0.39 is 10.2 Å². The molecule has 0 aromatic heterocycles. The standard InChI is InChI=1S/C12H24N2O3S2/c15-10-12-2-1-5-14(9-12)19(16,17)13-8-11-3-6-18-7-4-11/h11-13,15H,1-10H2. The zero-order chi connectivity index (χ0) is 13.7. The average Bonchev–Trinajstić information content (AvgIpc) is 2.46. The first-order valence-corrected chi connectivity index (χ1v) is 9.64. The smallest absolute Gasteiger partial charge is 0.279 e. The molecule has 0 radical (unpaired) electrons. The molecule has 5 nitrogen and oxygen atoms in total. The maximum atomic E-state index is 12.2. The van der Waals surface area contributed by atoms with Crippen LogP contribution in [-0.4, -0.2) is 55.6 Å². The normalized spacial score (nSPS) is 27.5. The second-order valence-electron chi connectivity index (χ2n) is 5.46. The summed E-state index contributed by atoms with van der Waals surface area (Å²) in [5, 5.41) is 9.16. The molecule has 112 valence electrons. The van der Waals surface area contributed by atoms with E-state index in [9.17, 15) is 8.42 Å². The fourth-order valence-electron chi connectivity index (χ4n) is 2.66. The molecule has 0 saturated carbocycles. The second-order valence-corrected chi connectivity index (χ2v) is 8.44. The van der Waals surface area contributed by atoms with Gasteiger partial charge in [0, 0.05) is 26.2 Å². The highest BCUT2D eigenvalue weighted by Gasteiger charge is 2.29. The highest BCUT2D eigenvalue weighted by molar-refractivity contribution is 7.99. The Bertz CT molecular complexity index is 369. The van der Waals surface area contributed by atoms with E-state index in [1.807, 2.05) is 11.8 Å². The highest BCUT2D eigenvalue weighted by atomic mass is 32.2. The summed E-state index contributed by atoms with van der Waals surface area (Å²) < 4.78 is 28.7. The molecule has 2 heterocycles. The molecule has 2 N–H and O–H groups in total. The lowest BCUT2D eigenvalue weighted by atomic mass is 10.0. The van der Waals surface area contributed by atoms with Gasteiger partial charge in [-0.2, -0.15) is 24.5 Å². The van der Waals surface area contributed by atoms with Crippen LogP contribution in [0.15, 0.2) is 0 Å². The van der Waals surface area contributed by atoms with Crippen molar-refractivity contribution < 1.29 is 13.5 Å². The van der Waals surface area contributed by atoms with Crippen molar-refractivity contribution in [3.63, 3.8) is 0 Å². The first-order valence-electron chi connectivity index (χ1n) is 7.05. The van der Waals surface area contributed by atoms with Gasteiger partial charge in [-0.25, -0.2) is 4.72 Å². The molecule has 0 aromatic carbocycles. The fourth-order valence-corrected chi connectivity index (χ4v) is 5.27. The number of rotatable bonds is 5. The topological polar surface area (TPSA) is 69.6 Å². The Morgan fingerprint density at radius 1 is 1.21 bits per heavy atom. The molecular weight excluding hydrogens is 284 g/mol. The van der Waals surface area contributed by atoms with E-state index >= 15 is 0 Å². The Morgan fingerprint density at radius 3 is 2.63 bits per heavy atom. The lowest BCUT2D eigenvalue weighted by Crippen LogP contribution is -2.47. The molecule has 2 rings (SSSR count). The zero-order valence-corrected chi connectivity index (χ0v) is 12.9. The van der Waals surface area contributed by atoms with Crippen LogP contribution in [0.5, 0.6) is 0 Å². The number of aliphatic hydroxyl groups excluding tert-OH is 1. The summed E-state index contributed by atoms with van der Waals surface area (Å²) in [6.45, 7) is 1.66. The SMILES string of the molecule is O=S(=O)(NCC1CCSCC1)N1CCCC(CO)C1. The third-order valence-corrected chi connectivity index (χ3v) is 6.57. The molecule has 0 bridgehead atoms. The lowest BCUT2D eigenvalue weighted by molar-refractivity contribution is 0.164. The molecule has 1 unspecified atom stereocenters. The molecule has 2 fully saturated rings. The third kappa shape index (κ3) is 4.60. The summed E-state index contributed by atoms with van der Waals surface area (Å²) in [7, 11) is -3.36. The van der Waals surface area contributed by atoms with Crippen molar-refractivity contribution in [2.24, 2.45) is 11.8 Å². The van der Waals surface area contributed by atoms with Gasteiger partial charge in [-0.3, -0.25) is 0 Å². The second kappa shape index (κ2) is 7.26. The van der Waals surface area contributed by atoms with Crippen molar-refractivity contribution in [2.45, 2.75) is 25.7 Å². The predicted molar refractivity (Wildman–Crippen MR) is 78.4 cm³/mol. The quantitative estimate of drug-likeness (QED) is 0.783. The molecule has 1 atom stereocenters. The van der Waals surface area contributed by atoms with Crippen molar-refractivity contribution in [3.05, 3.63) is 0 Å². The Kier molecular flexibility index (Phi) is 5.95. The van der Waals surface area contributed by atoms with Crippen LogP contribution in [0.1, 0.15) is 25.7 Å². The van der Waals surface area contributed by atoms with Crippen LogP contribution >= 0.6 is 11.8 Å². The first kappa shape index (κ1) is 15.6. The molecule has 2 aliphatic heterocycles. The summed E-state index contributed by atoms with van der Waals surface area (Å²) in [6.07, 6.45) is 3.97. The number of piperidine rings is 1. The molecular formula is C12H24N2O3S2. The number of nitrogens with zero attached hydrogens (tertiary/aromatic N) is 1. The van der Waals surface area contributed by atoms with Gasteiger partial charge in [0.15, 0.2) is 0 Å². The van der Waals surface area contributed by atoms with E-state index in [-0.39, 0.29) is 12.5 Å². The minimum atomic E-state index is -3.36. The molecule has 0 aromatic rings. The number of hydrogen-bond donors (Lipinski definition) is 2. The van der Waals surface area contributed by atoms with Crippen LogP contribution in [0.3, 0.4) is 0 Å². The molecule has 2 aliphatic rings. The minimum Gasteiger partial charge on any atom is -0.396 e. The van der Waals surface area contributed by atoms with Crippen molar-refractivity contribution >= 4 is 22.0 Å². The Balaban J connectivity index is 1.83. The Hall–Kier alpha value is 0.180. The van der Waals surface area contributed by atoms with E-state index in [4.69, 9.17) is 5.11 Å². The summed E-state index contributed by atoms with van der Waals surface area (Å²) >= 11 is 1.95. The van der Waals surface area contributed by atoms with Gasteiger partial charge in [-0.1, -0.05) is 0 Å². The Morgan fingerprint density at radius 2 is 1.95 bits per heavy atom. The maximum Gasteiger partial charge on any atom is 0.279 e. The number of hydrogen-bond acceptors (Lipinski definition) is 4. The van der Waals surface area contributed by atoms with Gasteiger partial charge in [0.25, 0.3) is 10.2 Å². The monoisotopic (exact) mass is 308 g/mol. The van der Waals surface area contributed by atoms with Crippen molar-refractivity contribution in [3.8, 4) is 0 Å². The van der Waals surface area contributed by atoms with Crippen molar-refractivity contribution in [1.29, 1.82) is 0 Å². The fraction of sp³-hybridized carbons (Fsp3) is 1.00. The molecule has 7 heteroatoms. The van der Waals surface area contributed by atoms with Crippen LogP contribution < -0.4 is 4.72 Å². The molecule has 19 heavy (non-hydrogen) atoms. The van der Waals surface area contributed by atoms with Gasteiger partial charge >= 0.3 is 0 Å². The number of aliphatic hydroxyl groups is 1. The number of nitrogens with one attached hydrogen (secondary N) is 1. The Labute approximate surface area is 120 Å². The van der Waals surface area contributed by atoms with Crippen molar-refractivity contribution in [2.75, 3.05) is 37.7 Å². The summed E-state index contributed by atoms with van der Waals surface area (Å²) in [5.41, 5.74) is 0. The maximum absolute atomic E-state index is 12.2. The highest BCUT2D eigenvalue weighted by Crippen LogP contribution is 2.23. The van der Waals surface area contributed by atoms with Gasteiger partial charge in [-0.05, 0) is 49.0 Å². The van der Waals surface area contributed by atoms with E-state index in [2.05, 4.69) is 4.72 Å². The zero-order valence-electron chi connectivity index (χ0n) is 11.3. The summed E-state index contributed by atoms with van der Waals surface area (Å²) in [6, 6.07) is 0. The molecule has 2 saturated heterocycles. The van der Waals surface area contributed by atoms with E-state index in [1.54, 1.807) is 0 Å². The molecule has 0 aliphatic carbocycles. The van der Waals surface area contributed by atoms with E-state index in [0.717, 1.165) is 37.2 Å². The van der Waals surface area contributed by atoms with Gasteiger partial charge in [0.1, 0.15) is 0 Å². The number of thioether (sulfide) groups is 1. The van der Waals surface area contributed by atoms with Crippen LogP contribution in [-0.2, 0) is 10.2 Å². The van der Waals surface area contributed by atoms with E-state index in [1.165, 1.54) is 4.31 Å². The van der Waals surface area contributed by atoms with Gasteiger partial charge in [0.05, 0.1) is 0 Å². The van der Waals surface area contributed by atoms with Crippen LogP contribution in [0, 0.1) is 11.8 Å². The minimum absolute atomic E-state index is 0.0753. The lowest BCUT2D eigenvalue weighted by Gasteiger charge is -2.31. The van der Waals surface area contributed by atoms with Gasteiger partial charge in [-0.15, -0.1) is 0 Å². The molecule has 0 amide bonds. The average molecular weight is 308 g/mol. The van der Waals surface area contributed by atoms with Gasteiger partial charge in [0.2, 0.25) is 0 Å². The van der Waals surface area contributed by atoms with Crippen LogP contribution in [0.2, 0.25) is 0 Å². The van der Waals surface area contributed by atoms with Gasteiger partial charge < -0.3 is 5.11 Å². The largest absolute Gasteiger partial charge is 0.396 e. The van der Waals surface area contributed by atoms with Crippen LogP contribution in [0.25, 0.3) is 0 Å². The predicted octanol–water partition coefficient (Wildman–Crippen LogP) is 0.668. The van der Waals surface area contributed by atoms with E-state index in [0.29, 0.717) is 25.6 Å². The third-order valence-electron chi connectivity index (χ3n) is 3.98. The summed E-state index contributed by atoms with van der Waals surface area (Å²) in [5.74, 6) is 2.86. The first-order chi connectivity index (χ1) is 9.12.